The average Bonchev–Trinajstić information content (AvgIpc) is 2.73. The third-order valence-corrected chi connectivity index (χ3v) is 6.74. The van der Waals surface area contributed by atoms with Crippen molar-refractivity contribution >= 4 is 15.9 Å². The quantitative estimate of drug-likeness (QED) is 0.763. The fourth-order valence-electron chi connectivity index (χ4n) is 3.21. The molecule has 8 heteroatoms. The van der Waals surface area contributed by atoms with Crippen molar-refractivity contribution < 1.29 is 22.7 Å². The normalized spacial score (nSPS) is 15.3. The third-order valence-electron chi connectivity index (χ3n) is 4.83. The number of piperazine rings is 1. The van der Waals surface area contributed by atoms with Crippen molar-refractivity contribution in [1.82, 2.24) is 9.21 Å². The standard InChI is InChI=1S/C20H24N2O5S/c1-15-7-9-16(10-8-15)28(24,25)22-13-11-21(12-14-22)20(23)19-17(26-2)5-4-6-18(19)27-3/h4-10H,11-14H2,1-3H3. The molecule has 0 spiro atoms. The van der Waals surface area contributed by atoms with Gasteiger partial charge in [-0.1, -0.05) is 23.8 Å². The molecule has 2 aromatic carbocycles. The minimum Gasteiger partial charge on any atom is -0.496 e. The number of hydrogen-bond acceptors (Lipinski definition) is 5. The van der Waals surface area contributed by atoms with Gasteiger partial charge in [0.05, 0.1) is 19.1 Å². The molecule has 1 amide bonds. The highest BCUT2D eigenvalue weighted by Crippen LogP contribution is 2.30. The lowest BCUT2D eigenvalue weighted by Crippen LogP contribution is -2.50. The lowest BCUT2D eigenvalue weighted by atomic mass is 10.1. The van der Waals surface area contributed by atoms with E-state index < -0.39 is 10.0 Å². The van der Waals surface area contributed by atoms with Crippen LogP contribution in [0.3, 0.4) is 0 Å². The van der Waals surface area contributed by atoms with Crippen LogP contribution in [0.15, 0.2) is 47.4 Å². The number of carbonyl (C=O) groups excluding carboxylic acids is 1. The molecule has 1 aliphatic rings. The second-order valence-electron chi connectivity index (χ2n) is 6.55. The molecule has 0 aromatic heterocycles. The van der Waals surface area contributed by atoms with Gasteiger partial charge >= 0.3 is 0 Å². The highest BCUT2D eigenvalue weighted by Gasteiger charge is 2.32. The second-order valence-corrected chi connectivity index (χ2v) is 8.48. The highest BCUT2D eigenvalue weighted by molar-refractivity contribution is 7.89. The number of sulfonamides is 1. The van der Waals surface area contributed by atoms with Gasteiger partial charge in [0.15, 0.2) is 0 Å². The second kappa shape index (κ2) is 8.20. The molecule has 1 heterocycles. The van der Waals surface area contributed by atoms with Crippen molar-refractivity contribution in [3.05, 3.63) is 53.6 Å². The maximum Gasteiger partial charge on any atom is 0.261 e. The van der Waals surface area contributed by atoms with Crippen LogP contribution in [-0.2, 0) is 10.0 Å². The van der Waals surface area contributed by atoms with Crippen molar-refractivity contribution in [3.8, 4) is 11.5 Å². The van der Waals surface area contributed by atoms with Gasteiger partial charge in [0, 0.05) is 26.2 Å². The summed E-state index contributed by atoms with van der Waals surface area (Å²) in [5, 5.41) is 0. The summed E-state index contributed by atoms with van der Waals surface area (Å²) in [5.41, 5.74) is 1.35. The van der Waals surface area contributed by atoms with Crippen LogP contribution in [0.4, 0.5) is 0 Å². The monoisotopic (exact) mass is 404 g/mol. The Morgan fingerprint density at radius 1 is 0.893 bits per heavy atom. The first-order valence-electron chi connectivity index (χ1n) is 8.95. The van der Waals surface area contributed by atoms with E-state index in [0.29, 0.717) is 30.2 Å². The molecule has 0 unspecified atom stereocenters. The maximum absolute atomic E-state index is 13.0. The van der Waals surface area contributed by atoms with E-state index in [2.05, 4.69) is 0 Å². The minimum absolute atomic E-state index is 0.235. The summed E-state index contributed by atoms with van der Waals surface area (Å²) < 4.78 is 37.7. The fraction of sp³-hybridized carbons (Fsp3) is 0.350. The van der Waals surface area contributed by atoms with E-state index in [9.17, 15) is 13.2 Å². The first-order valence-corrected chi connectivity index (χ1v) is 10.4. The topological polar surface area (TPSA) is 76.2 Å². The molecule has 0 saturated carbocycles. The van der Waals surface area contributed by atoms with Crippen LogP contribution in [0, 0.1) is 6.92 Å². The fourth-order valence-corrected chi connectivity index (χ4v) is 4.63. The summed E-state index contributed by atoms with van der Waals surface area (Å²) in [6.07, 6.45) is 0. The predicted molar refractivity (Wildman–Crippen MR) is 105 cm³/mol. The molecule has 3 rings (SSSR count). The van der Waals surface area contributed by atoms with Crippen LogP contribution in [0.5, 0.6) is 11.5 Å². The Hall–Kier alpha value is -2.58. The predicted octanol–water partition coefficient (Wildman–Crippen LogP) is 2.16. The Bertz CT molecular complexity index is 927. The molecule has 28 heavy (non-hydrogen) atoms. The molecule has 0 N–H and O–H groups in total. The van der Waals surface area contributed by atoms with Gasteiger partial charge in [-0.15, -0.1) is 0 Å². The Morgan fingerprint density at radius 3 is 1.93 bits per heavy atom. The number of carbonyl (C=O) groups is 1. The van der Waals surface area contributed by atoms with Crippen LogP contribution in [0.25, 0.3) is 0 Å². The lowest BCUT2D eigenvalue weighted by Gasteiger charge is -2.34. The zero-order valence-corrected chi connectivity index (χ0v) is 17.0. The Labute approximate surface area is 165 Å². The molecule has 2 aromatic rings. The van der Waals surface area contributed by atoms with Crippen LogP contribution < -0.4 is 9.47 Å². The van der Waals surface area contributed by atoms with Gasteiger partial charge in [0.2, 0.25) is 10.0 Å². The number of benzene rings is 2. The molecule has 0 aliphatic carbocycles. The van der Waals surface area contributed by atoms with Crippen LogP contribution in [0.1, 0.15) is 15.9 Å². The first kappa shape index (κ1) is 20.2. The van der Waals surface area contributed by atoms with E-state index in [1.54, 1.807) is 47.4 Å². The van der Waals surface area contributed by atoms with Gasteiger partial charge in [-0.3, -0.25) is 4.79 Å². The number of amides is 1. The van der Waals surface area contributed by atoms with Crippen molar-refractivity contribution in [3.63, 3.8) is 0 Å². The molecule has 1 fully saturated rings. The Morgan fingerprint density at radius 2 is 1.43 bits per heavy atom. The zero-order chi connectivity index (χ0) is 20.3. The zero-order valence-electron chi connectivity index (χ0n) is 16.2. The summed E-state index contributed by atoms with van der Waals surface area (Å²) >= 11 is 0. The molecule has 0 radical (unpaired) electrons. The molecular weight excluding hydrogens is 380 g/mol. The van der Waals surface area contributed by atoms with E-state index in [0.717, 1.165) is 5.56 Å². The molecule has 0 bridgehead atoms. The van der Waals surface area contributed by atoms with Gasteiger partial charge in [0.25, 0.3) is 5.91 Å². The van der Waals surface area contributed by atoms with E-state index in [1.807, 2.05) is 6.92 Å². The van der Waals surface area contributed by atoms with Gasteiger partial charge < -0.3 is 14.4 Å². The van der Waals surface area contributed by atoms with Crippen molar-refractivity contribution in [1.29, 1.82) is 0 Å². The number of hydrogen-bond donors (Lipinski definition) is 0. The maximum atomic E-state index is 13.0. The van der Waals surface area contributed by atoms with E-state index in [-0.39, 0.29) is 23.9 Å². The number of methoxy groups -OCH3 is 2. The number of ether oxygens (including phenoxy) is 2. The number of aryl methyl sites for hydroxylation is 1. The van der Waals surface area contributed by atoms with Crippen molar-refractivity contribution in [2.75, 3.05) is 40.4 Å². The van der Waals surface area contributed by atoms with Crippen molar-refractivity contribution in [2.45, 2.75) is 11.8 Å². The van der Waals surface area contributed by atoms with Crippen LogP contribution in [0.2, 0.25) is 0 Å². The van der Waals surface area contributed by atoms with Gasteiger partial charge in [-0.25, -0.2) is 8.42 Å². The van der Waals surface area contributed by atoms with Crippen LogP contribution >= 0.6 is 0 Å². The lowest BCUT2D eigenvalue weighted by molar-refractivity contribution is 0.0691. The van der Waals surface area contributed by atoms with Gasteiger partial charge in [0.1, 0.15) is 17.1 Å². The summed E-state index contributed by atoms with van der Waals surface area (Å²) in [6, 6.07) is 11.9. The van der Waals surface area contributed by atoms with Gasteiger partial charge in [-0.2, -0.15) is 4.31 Å². The number of rotatable bonds is 5. The third kappa shape index (κ3) is 3.83. The molecule has 1 saturated heterocycles. The van der Waals surface area contributed by atoms with Crippen molar-refractivity contribution in [2.24, 2.45) is 0 Å². The van der Waals surface area contributed by atoms with Crippen LogP contribution in [-0.4, -0.2) is 63.9 Å². The van der Waals surface area contributed by atoms with E-state index >= 15 is 0 Å². The smallest absolute Gasteiger partial charge is 0.261 e. The minimum atomic E-state index is -3.57. The summed E-state index contributed by atoms with van der Waals surface area (Å²) in [7, 11) is -0.577. The summed E-state index contributed by atoms with van der Waals surface area (Å²) in [6.45, 7) is 2.97. The summed E-state index contributed by atoms with van der Waals surface area (Å²) in [5.74, 6) is 0.625. The Kier molecular flexibility index (Phi) is 5.90. The summed E-state index contributed by atoms with van der Waals surface area (Å²) in [4.78, 5) is 14.9. The molecule has 1 aliphatic heterocycles. The molecule has 7 nitrogen and oxygen atoms in total. The first-order chi connectivity index (χ1) is 13.4. The van der Waals surface area contributed by atoms with Gasteiger partial charge in [-0.05, 0) is 31.2 Å². The average molecular weight is 404 g/mol. The Balaban J connectivity index is 1.75. The van der Waals surface area contributed by atoms with E-state index in [1.165, 1.54) is 18.5 Å². The largest absolute Gasteiger partial charge is 0.496 e. The molecule has 0 atom stereocenters. The molecular formula is C20H24N2O5S. The van der Waals surface area contributed by atoms with E-state index in [4.69, 9.17) is 9.47 Å². The SMILES string of the molecule is COc1cccc(OC)c1C(=O)N1CCN(S(=O)(=O)c2ccc(C)cc2)CC1. The highest BCUT2D eigenvalue weighted by atomic mass is 32.2. The number of nitrogens with zero attached hydrogens (tertiary/aromatic N) is 2. The molecule has 150 valence electrons.